The molecule has 4 nitrogen and oxygen atoms in total. The Morgan fingerprint density at radius 3 is 2.29 bits per heavy atom. The first-order valence-electron chi connectivity index (χ1n) is 9.48. The Morgan fingerprint density at radius 2 is 1.64 bits per heavy atom. The maximum atomic E-state index is 11.0. The van der Waals surface area contributed by atoms with Crippen molar-refractivity contribution in [2.75, 3.05) is 0 Å². The van der Waals surface area contributed by atoms with E-state index in [1.165, 1.54) is 0 Å². The van der Waals surface area contributed by atoms with Crippen molar-refractivity contribution in [2.45, 2.75) is 51.4 Å². The number of hydrogen-bond acceptors (Lipinski definition) is 4. The highest BCUT2D eigenvalue weighted by atomic mass is 32.1. The van der Waals surface area contributed by atoms with E-state index in [1.807, 2.05) is 18.3 Å². The predicted octanol–water partition coefficient (Wildman–Crippen LogP) is 5.92. The zero-order chi connectivity index (χ0) is 20.1. The normalized spacial score (nSPS) is 17.1. The van der Waals surface area contributed by atoms with Crippen LogP contribution in [0.3, 0.4) is 0 Å². The van der Waals surface area contributed by atoms with E-state index in [0.717, 1.165) is 45.9 Å². The minimum Gasteiger partial charge on any atom is -0.478 e. The second-order valence-electron chi connectivity index (χ2n) is 8.80. The molecule has 0 saturated carbocycles. The van der Waals surface area contributed by atoms with Gasteiger partial charge in [-0.2, -0.15) is 0 Å². The molecule has 2 aromatic heterocycles. The molecule has 1 aliphatic rings. The minimum atomic E-state index is -0.910. The van der Waals surface area contributed by atoms with E-state index >= 15 is 0 Å². The topological polar surface area (TPSA) is 63.1 Å². The standard InChI is InChI=1S/C23H24N2O2S/c1-22(2)9-10-23(3,4)20-19(22)24-12-17(25-20)18-11-16(13-28-18)14-5-7-15(8-6-14)21(26)27/h5-8,11-13H,9-10H2,1-4H3,(H,26,27). The van der Waals surface area contributed by atoms with Crippen molar-refractivity contribution in [3.8, 4) is 21.7 Å². The highest BCUT2D eigenvalue weighted by molar-refractivity contribution is 7.14. The molecule has 2 heterocycles. The number of rotatable bonds is 3. The van der Waals surface area contributed by atoms with Crippen LogP contribution in [0.5, 0.6) is 0 Å². The van der Waals surface area contributed by atoms with Gasteiger partial charge < -0.3 is 5.11 Å². The van der Waals surface area contributed by atoms with E-state index in [9.17, 15) is 4.79 Å². The summed E-state index contributed by atoms with van der Waals surface area (Å²) in [4.78, 5) is 22.0. The Bertz CT molecular complexity index is 1050. The van der Waals surface area contributed by atoms with Gasteiger partial charge >= 0.3 is 5.97 Å². The van der Waals surface area contributed by atoms with Crippen LogP contribution in [0.2, 0.25) is 0 Å². The lowest BCUT2D eigenvalue weighted by Gasteiger charge is -2.39. The lowest BCUT2D eigenvalue weighted by Crippen LogP contribution is -2.36. The highest BCUT2D eigenvalue weighted by Crippen LogP contribution is 2.44. The van der Waals surface area contributed by atoms with Gasteiger partial charge in [-0.15, -0.1) is 11.3 Å². The van der Waals surface area contributed by atoms with Gasteiger partial charge in [0.2, 0.25) is 0 Å². The van der Waals surface area contributed by atoms with Gasteiger partial charge in [0, 0.05) is 10.8 Å². The van der Waals surface area contributed by atoms with E-state index in [-0.39, 0.29) is 10.8 Å². The molecule has 1 N–H and O–H groups in total. The average Bonchev–Trinajstić information content (AvgIpc) is 3.15. The van der Waals surface area contributed by atoms with Crippen LogP contribution >= 0.6 is 11.3 Å². The number of carboxylic acid groups (broad SMARTS) is 1. The van der Waals surface area contributed by atoms with Gasteiger partial charge in [-0.3, -0.25) is 4.98 Å². The molecule has 0 bridgehead atoms. The third-order valence-corrected chi connectivity index (χ3v) is 6.70. The summed E-state index contributed by atoms with van der Waals surface area (Å²) in [5, 5.41) is 11.1. The van der Waals surface area contributed by atoms with Gasteiger partial charge in [0.1, 0.15) is 0 Å². The molecule has 0 atom stereocenters. The second kappa shape index (κ2) is 6.52. The summed E-state index contributed by atoms with van der Waals surface area (Å²) in [6, 6.07) is 9.08. The van der Waals surface area contributed by atoms with Crippen molar-refractivity contribution in [3.63, 3.8) is 0 Å². The summed E-state index contributed by atoms with van der Waals surface area (Å²) >= 11 is 1.64. The molecule has 0 radical (unpaired) electrons. The van der Waals surface area contributed by atoms with Crippen LogP contribution in [-0.4, -0.2) is 21.0 Å². The van der Waals surface area contributed by atoms with Gasteiger partial charge in [-0.25, -0.2) is 9.78 Å². The van der Waals surface area contributed by atoms with Crippen LogP contribution in [0, 0.1) is 0 Å². The van der Waals surface area contributed by atoms with Crippen LogP contribution in [0.4, 0.5) is 0 Å². The third-order valence-electron chi connectivity index (χ3n) is 5.75. The van der Waals surface area contributed by atoms with Crippen LogP contribution in [0.25, 0.3) is 21.7 Å². The molecule has 0 unspecified atom stereocenters. The number of hydrogen-bond donors (Lipinski definition) is 1. The fourth-order valence-corrected chi connectivity index (χ4v) is 4.64. The number of carboxylic acids is 1. The summed E-state index contributed by atoms with van der Waals surface area (Å²) in [7, 11) is 0. The number of thiophene rings is 1. The Balaban J connectivity index is 1.71. The molecule has 0 fully saturated rings. The number of benzene rings is 1. The number of nitrogens with zero attached hydrogens (tertiary/aromatic N) is 2. The number of aromatic carboxylic acids is 1. The van der Waals surface area contributed by atoms with E-state index in [0.29, 0.717) is 5.56 Å². The van der Waals surface area contributed by atoms with Crippen LogP contribution in [0.15, 0.2) is 41.9 Å². The quantitative estimate of drug-likeness (QED) is 0.601. The Morgan fingerprint density at radius 1 is 1.00 bits per heavy atom. The van der Waals surface area contributed by atoms with Crippen molar-refractivity contribution < 1.29 is 9.90 Å². The van der Waals surface area contributed by atoms with Crippen molar-refractivity contribution in [2.24, 2.45) is 0 Å². The second-order valence-corrected chi connectivity index (χ2v) is 9.71. The number of carbonyl (C=O) groups is 1. The first-order valence-corrected chi connectivity index (χ1v) is 10.4. The Labute approximate surface area is 169 Å². The molecule has 3 aromatic rings. The van der Waals surface area contributed by atoms with Gasteiger partial charge in [0.05, 0.1) is 33.7 Å². The zero-order valence-corrected chi connectivity index (χ0v) is 17.4. The number of fused-ring (bicyclic) bond motifs is 1. The molecular weight excluding hydrogens is 368 g/mol. The Hall–Kier alpha value is -2.53. The molecule has 0 spiro atoms. The monoisotopic (exact) mass is 392 g/mol. The molecule has 0 aliphatic heterocycles. The zero-order valence-electron chi connectivity index (χ0n) is 16.6. The molecule has 144 valence electrons. The minimum absolute atomic E-state index is 0.0284. The molecule has 4 rings (SSSR count). The maximum Gasteiger partial charge on any atom is 0.335 e. The third kappa shape index (κ3) is 3.24. The molecule has 0 saturated heterocycles. The summed E-state index contributed by atoms with van der Waals surface area (Å²) in [6.07, 6.45) is 4.12. The molecule has 28 heavy (non-hydrogen) atoms. The first kappa shape index (κ1) is 18.8. The molecule has 0 amide bonds. The Kier molecular flexibility index (Phi) is 4.38. The van der Waals surface area contributed by atoms with Crippen LogP contribution in [-0.2, 0) is 10.8 Å². The van der Waals surface area contributed by atoms with E-state index in [1.54, 1.807) is 23.5 Å². The predicted molar refractivity (Wildman–Crippen MR) is 113 cm³/mol. The highest BCUT2D eigenvalue weighted by Gasteiger charge is 2.39. The lowest BCUT2D eigenvalue weighted by atomic mass is 9.67. The van der Waals surface area contributed by atoms with Gasteiger partial charge in [0.15, 0.2) is 0 Å². The van der Waals surface area contributed by atoms with Gasteiger partial charge in [0.25, 0.3) is 0 Å². The largest absolute Gasteiger partial charge is 0.478 e. The van der Waals surface area contributed by atoms with Gasteiger partial charge in [-0.05, 0) is 47.5 Å². The van der Waals surface area contributed by atoms with Crippen molar-refractivity contribution >= 4 is 17.3 Å². The van der Waals surface area contributed by atoms with E-state index in [2.05, 4.69) is 39.1 Å². The SMILES string of the molecule is CC1(C)CCC(C)(C)c2nc(-c3cc(-c4ccc(C(=O)O)cc4)cs3)cnc21. The first-order chi connectivity index (χ1) is 13.2. The molecular formula is C23H24N2O2S. The van der Waals surface area contributed by atoms with Crippen LogP contribution in [0.1, 0.15) is 62.3 Å². The molecule has 5 heteroatoms. The van der Waals surface area contributed by atoms with Crippen LogP contribution < -0.4 is 0 Å². The summed E-state index contributed by atoms with van der Waals surface area (Å²) in [6.45, 7) is 9.01. The van der Waals surface area contributed by atoms with E-state index < -0.39 is 5.97 Å². The van der Waals surface area contributed by atoms with Gasteiger partial charge in [-0.1, -0.05) is 39.8 Å². The average molecular weight is 393 g/mol. The smallest absolute Gasteiger partial charge is 0.335 e. The fourth-order valence-electron chi connectivity index (χ4n) is 3.76. The summed E-state index contributed by atoms with van der Waals surface area (Å²) < 4.78 is 0. The molecule has 1 aromatic carbocycles. The molecule has 1 aliphatic carbocycles. The van der Waals surface area contributed by atoms with Crippen molar-refractivity contribution in [1.82, 2.24) is 9.97 Å². The maximum absolute atomic E-state index is 11.0. The summed E-state index contributed by atoms with van der Waals surface area (Å²) in [5.41, 5.74) is 5.59. The van der Waals surface area contributed by atoms with Crippen molar-refractivity contribution in [3.05, 3.63) is 58.9 Å². The fraction of sp³-hybridized carbons (Fsp3) is 0.348. The summed E-state index contributed by atoms with van der Waals surface area (Å²) in [5.74, 6) is -0.910. The van der Waals surface area contributed by atoms with Crippen molar-refractivity contribution in [1.29, 1.82) is 0 Å². The van der Waals surface area contributed by atoms with E-state index in [4.69, 9.17) is 15.1 Å². The number of aromatic nitrogens is 2. The lowest BCUT2D eigenvalue weighted by molar-refractivity contribution is 0.0697.